The zero-order valence-corrected chi connectivity index (χ0v) is 10.8. The third-order valence-electron chi connectivity index (χ3n) is 2.35. The number of rotatable bonds is 2. The number of aromatic nitrogens is 2. The number of halogens is 1. The molecular weight excluding hydrogens is 296 g/mol. The summed E-state index contributed by atoms with van der Waals surface area (Å²) in [6.07, 6.45) is 0.874. The van der Waals surface area contributed by atoms with Gasteiger partial charge >= 0.3 is 0 Å². The fraction of sp³-hybridized carbons (Fsp3) is 0.500. The van der Waals surface area contributed by atoms with Crippen LogP contribution in [0.25, 0.3) is 0 Å². The van der Waals surface area contributed by atoms with Gasteiger partial charge in [-0.2, -0.15) is 0 Å². The van der Waals surface area contributed by atoms with Crippen molar-refractivity contribution in [2.45, 2.75) is 18.9 Å². The van der Waals surface area contributed by atoms with E-state index in [0.717, 1.165) is 4.90 Å². The van der Waals surface area contributed by atoms with Crippen LogP contribution in [-0.2, 0) is 9.59 Å². The topological polar surface area (TPSA) is 75.2 Å². The van der Waals surface area contributed by atoms with Crippen LogP contribution in [-0.4, -0.2) is 40.0 Å². The third kappa shape index (κ3) is 2.22. The smallest absolute Gasteiger partial charge is 0.251 e. The van der Waals surface area contributed by atoms with Crippen LogP contribution in [0.5, 0.6) is 0 Å². The maximum Gasteiger partial charge on any atom is 0.251 e. The van der Waals surface area contributed by atoms with Crippen molar-refractivity contribution in [3.05, 3.63) is 3.92 Å². The minimum atomic E-state index is -0.387. The molecule has 1 aromatic rings. The molecule has 1 aliphatic rings. The van der Waals surface area contributed by atoms with Gasteiger partial charge in [0.25, 0.3) is 5.91 Å². The molecule has 1 unspecified atom stereocenters. The molecule has 0 saturated carbocycles. The van der Waals surface area contributed by atoms with E-state index in [2.05, 4.69) is 31.4 Å². The minimum absolute atomic E-state index is 0.138. The molecule has 1 aliphatic heterocycles. The SMILES string of the molecule is CN1C(=O)CCC(Nc2nnc(Br)s2)C1=O. The summed E-state index contributed by atoms with van der Waals surface area (Å²) >= 11 is 4.50. The number of hydrogen-bond acceptors (Lipinski definition) is 6. The Morgan fingerprint density at radius 1 is 1.50 bits per heavy atom. The average Bonchev–Trinajstić information content (AvgIpc) is 2.65. The predicted octanol–water partition coefficient (Wildman–Crippen LogP) is 0.860. The predicted molar refractivity (Wildman–Crippen MR) is 62.0 cm³/mol. The van der Waals surface area contributed by atoms with Gasteiger partial charge in [-0.1, -0.05) is 11.3 Å². The molecule has 2 rings (SSSR count). The molecule has 1 N–H and O–H groups in total. The molecule has 1 saturated heterocycles. The van der Waals surface area contributed by atoms with E-state index < -0.39 is 0 Å². The molecule has 0 aromatic carbocycles. The van der Waals surface area contributed by atoms with E-state index in [-0.39, 0.29) is 17.9 Å². The molecule has 0 aliphatic carbocycles. The Labute approximate surface area is 104 Å². The summed E-state index contributed by atoms with van der Waals surface area (Å²) < 4.78 is 0.655. The van der Waals surface area contributed by atoms with Crippen molar-refractivity contribution in [3.63, 3.8) is 0 Å². The van der Waals surface area contributed by atoms with Crippen LogP contribution in [0.3, 0.4) is 0 Å². The molecule has 6 nitrogen and oxygen atoms in total. The number of hydrogen-bond donors (Lipinski definition) is 1. The van der Waals surface area contributed by atoms with Crippen LogP contribution < -0.4 is 5.32 Å². The van der Waals surface area contributed by atoms with Crippen LogP contribution in [0.15, 0.2) is 3.92 Å². The van der Waals surface area contributed by atoms with Crippen LogP contribution in [0, 0.1) is 0 Å². The molecule has 2 amide bonds. The highest BCUT2D eigenvalue weighted by Gasteiger charge is 2.32. The lowest BCUT2D eigenvalue weighted by molar-refractivity contribution is -0.146. The van der Waals surface area contributed by atoms with Crippen molar-refractivity contribution in [1.82, 2.24) is 15.1 Å². The number of nitrogens with zero attached hydrogens (tertiary/aromatic N) is 3. The molecule has 2 heterocycles. The average molecular weight is 305 g/mol. The summed E-state index contributed by atoms with van der Waals surface area (Å²) in [4.78, 5) is 24.1. The van der Waals surface area contributed by atoms with Crippen LogP contribution in [0.1, 0.15) is 12.8 Å². The van der Waals surface area contributed by atoms with Crippen molar-refractivity contribution in [3.8, 4) is 0 Å². The Morgan fingerprint density at radius 3 is 2.88 bits per heavy atom. The van der Waals surface area contributed by atoms with E-state index in [4.69, 9.17) is 0 Å². The molecule has 1 fully saturated rings. The van der Waals surface area contributed by atoms with Gasteiger partial charge in [-0.25, -0.2) is 0 Å². The minimum Gasteiger partial charge on any atom is -0.348 e. The first-order chi connectivity index (χ1) is 7.58. The van der Waals surface area contributed by atoms with Crippen molar-refractivity contribution in [1.29, 1.82) is 0 Å². The fourth-order valence-electron chi connectivity index (χ4n) is 1.46. The lowest BCUT2D eigenvalue weighted by atomic mass is 10.1. The van der Waals surface area contributed by atoms with Gasteiger partial charge in [0.15, 0.2) is 3.92 Å². The standard InChI is InChI=1S/C8H9BrN4O2S/c1-13-5(14)3-2-4(6(13)15)10-8-12-11-7(9)16-8/h4H,2-3H2,1H3,(H,10,12). The van der Waals surface area contributed by atoms with Crippen LogP contribution >= 0.6 is 27.3 Å². The highest BCUT2D eigenvalue weighted by molar-refractivity contribution is 9.11. The van der Waals surface area contributed by atoms with Gasteiger partial charge in [-0.05, 0) is 22.4 Å². The number of anilines is 1. The quantitative estimate of drug-likeness (QED) is 0.820. The van der Waals surface area contributed by atoms with E-state index in [1.54, 1.807) is 0 Å². The normalized spacial score (nSPS) is 21.4. The molecule has 8 heteroatoms. The van der Waals surface area contributed by atoms with Gasteiger partial charge < -0.3 is 5.32 Å². The van der Waals surface area contributed by atoms with Crippen LogP contribution in [0.2, 0.25) is 0 Å². The third-order valence-corrected chi connectivity index (χ3v) is 3.63. The second-order valence-electron chi connectivity index (χ2n) is 3.39. The largest absolute Gasteiger partial charge is 0.348 e. The van der Waals surface area contributed by atoms with Crippen LogP contribution in [0.4, 0.5) is 5.13 Å². The highest BCUT2D eigenvalue weighted by atomic mass is 79.9. The van der Waals surface area contributed by atoms with Crippen molar-refractivity contribution >= 4 is 44.2 Å². The molecular formula is C8H9BrN4O2S. The Balaban J connectivity index is 2.06. The number of likely N-dealkylation sites (tertiary alicyclic amines) is 1. The lowest BCUT2D eigenvalue weighted by Crippen LogP contribution is -2.48. The molecule has 1 aromatic heterocycles. The number of amides is 2. The lowest BCUT2D eigenvalue weighted by Gasteiger charge is -2.27. The zero-order valence-electron chi connectivity index (χ0n) is 8.44. The molecule has 16 heavy (non-hydrogen) atoms. The summed E-state index contributed by atoms with van der Waals surface area (Å²) in [5.74, 6) is -0.357. The Hall–Kier alpha value is -1.02. The Kier molecular flexibility index (Phi) is 3.20. The summed E-state index contributed by atoms with van der Waals surface area (Å²) in [6.45, 7) is 0. The Morgan fingerprint density at radius 2 is 2.25 bits per heavy atom. The summed E-state index contributed by atoms with van der Waals surface area (Å²) in [5.41, 5.74) is 0. The number of carbonyl (C=O) groups excluding carboxylic acids is 2. The fourth-order valence-corrected chi connectivity index (χ4v) is 2.53. The van der Waals surface area contributed by atoms with Gasteiger partial charge in [0, 0.05) is 13.5 Å². The van der Waals surface area contributed by atoms with E-state index in [9.17, 15) is 9.59 Å². The molecule has 1 atom stereocenters. The van der Waals surface area contributed by atoms with Gasteiger partial charge in [0.2, 0.25) is 11.0 Å². The first-order valence-electron chi connectivity index (χ1n) is 4.64. The number of carbonyl (C=O) groups is 2. The van der Waals surface area contributed by atoms with Crippen molar-refractivity contribution in [2.24, 2.45) is 0 Å². The first-order valence-corrected chi connectivity index (χ1v) is 6.25. The van der Waals surface area contributed by atoms with E-state index in [0.29, 0.717) is 21.9 Å². The summed E-state index contributed by atoms with van der Waals surface area (Å²) in [5, 5.41) is 11.2. The first kappa shape index (κ1) is 11.5. The number of piperidine rings is 1. The summed E-state index contributed by atoms with van der Waals surface area (Å²) in [7, 11) is 1.49. The van der Waals surface area contributed by atoms with Gasteiger partial charge in [-0.3, -0.25) is 14.5 Å². The Bertz CT molecular complexity index is 435. The monoisotopic (exact) mass is 304 g/mol. The zero-order chi connectivity index (χ0) is 11.7. The maximum absolute atomic E-state index is 11.7. The maximum atomic E-state index is 11.7. The van der Waals surface area contributed by atoms with Gasteiger partial charge in [0.05, 0.1) is 0 Å². The number of likely N-dealkylation sites (N-methyl/N-ethyl adjacent to an activating group) is 1. The van der Waals surface area contributed by atoms with Gasteiger partial charge in [-0.15, -0.1) is 10.2 Å². The van der Waals surface area contributed by atoms with Gasteiger partial charge in [0.1, 0.15) is 6.04 Å². The molecule has 0 radical (unpaired) electrons. The van der Waals surface area contributed by atoms with Crippen molar-refractivity contribution in [2.75, 3.05) is 12.4 Å². The van der Waals surface area contributed by atoms with E-state index in [1.807, 2.05) is 0 Å². The number of nitrogens with one attached hydrogen (secondary N) is 1. The highest BCUT2D eigenvalue weighted by Crippen LogP contribution is 2.23. The summed E-state index contributed by atoms with van der Waals surface area (Å²) in [6, 6.07) is -0.387. The van der Waals surface area contributed by atoms with E-state index in [1.165, 1.54) is 18.4 Å². The second-order valence-corrected chi connectivity index (χ2v) is 5.64. The second kappa shape index (κ2) is 4.46. The number of imide groups is 1. The van der Waals surface area contributed by atoms with Crippen molar-refractivity contribution < 1.29 is 9.59 Å². The molecule has 0 bridgehead atoms. The molecule has 86 valence electrons. The molecule has 0 spiro atoms. The van der Waals surface area contributed by atoms with E-state index >= 15 is 0 Å².